The molecule has 7 heteroatoms. The van der Waals surface area contributed by atoms with Crippen molar-refractivity contribution in [1.82, 2.24) is 5.16 Å². The van der Waals surface area contributed by atoms with E-state index < -0.39 is 0 Å². The highest BCUT2D eigenvalue weighted by atomic mass is 35.5. The van der Waals surface area contributed by atoms with E-state index in [1.807, 2.05) is 18.2 Å². The summed E-state index contributed by atoms with van der Waals surface area (Å²) >= 11 is 12.9. The molecule has 3 aliphatic carbocycles. The number of halogens is 2. The summed E-state index contributed by atoms with van der Waals surface area (Å²) in [5, 5.41) is 5.52. The number of hydrogen-bond acceptors (Lipinski definition) is 5. The van der Waals surface area contributed by atoms with Gasteiger partial charge in [-0.05, 0) is 49.7 Å². The van der Waals surface area contributed by atoms with E-state index in [1.165, 1.54) is 0 Å². The number of nitrogens with zero attached hydrogens (tertiary/aromatic N) is 1. The van der Waals surface area contributed by atoms with Crippen molar-refractivity contribution in [1.29, 1.82) is 0 Å². The summed E-state index contributed by atoms with van der Waals surface area (Å²) in [5.41, 5.74) is 2.46. The smallest absolute Gasteiger partial charge is 0.169 e. The molecule has 6 rings (SSSR count). The van der Waals surface area contributed by atoms with Gasteiger partial charge in [0.15, 0.2) is 5.79 Å². The maximum absolute atomic E-state index is 6.46. The van der Waals surface area contributed by atoms with Crippen molar-refractivity contribution in [2.24, 2.45) is 11.8 Å². The zero-order valence-electron chi connectivity index (χ0n) is 16.7. The average molecular weight is 450 g/mol. The first kappa shape index (κ1) is 19.6. The summed E-state index contributed by atoms with van der Waals surface area (Å²) in [6.45, 7) is 1.93. The van der Waals surface area contributed by atoms with Crippen LogP contribution in [-0.2, 0) is 20.8 Å². The van der Waals surface area contributed by atoms with Gasteiger partial charge in [0.2, 0.25) is 0 Å². The molecule has 0 amide bonds. The van der Waals surface area contributed by atoms with Crippen LogP contribution in [0.25, 0.3) is 11.3 Å². The molecule has 3 atom stereocenters. The van der Waals surface area contributed by atoms with Gasteiger partial charge in [-0.3, -0.25) is 0 Å². The Bertz CT molecular complexity index is 914. The van der Waals surface area contributed by atoms with Gasteiger partial charge < -0.3 is 18.7 Å². The topological polar surface area (TPSA) is 53.7 Å². The zero-order valence-corrected chi connectivity index (χ0v) is 18.3. The van der Waals surface area contributed by atoms with E-state index >= 15 is 0 Å². The lowest BCUT2D eigenvalue weighted by Gasteiger charge is -2.23. The molecule has 1 saturated heterocycles. The van der Waals surface area contributed by atoms with Crippen molar-refractivity contribution in [3.05, 3.63) is 39.6 Å². The second kappa shape index (κ2) is 7.49. The van der Waals surface area contributed by atoms with Crippen molar-refractivity contribution in [2.45, 2.75) is 62.9 Å². The predicted molar refractivity (Wildman–Crippen MR) is 113 cm³/mol. The number of benzene rings is 1. The molecule has 2 heterocycles. The second-order valence-electron chi connectivity index (χ2n) is 9.19. The van der Waals surface area contributed by atoms with Crippen LogP contribution >= 0.6 is 23.2 Å². The van der Waals surface area contributed by atoms with Crippen LogP contribution in [0.4, 0.5) is 0 Å². The number of rotatable bonds is 5. The molecule has 2 aromatic rings. The molecule has 0 N–H and O–H groups in total. The molecule has 4 fully saturated rings. The Hall–Kier alpha value is -1.11. The summed E-state index contributed by atoms with van der Waals surface area (Å²) in [6, 6.07) is 5.51. The first-order chi connectivity index (χ1) is 14.6. The van der Waals surface area contributed by atoms with Crippen LogP contribution in [0.2, 0.25) is 10.0 Å². The minimum Gasteiger partial charge on any atom is -0.373 e. The van der Waals surface area contributed by atoms with Crippen LogP contribution in [0.3, 0.4) is 0 Å². The molecule has 3 saturated carbocycles. The van der Waals surface area contributed by atoms with Crippen LogP contribution in [0.15, 0.2) is 22.7 Å². The van der Waals surface area contributed by atoms with Crippen LogP contribution in [0.1, 0.15) is 55.8 Å². The molecule has 0 bridgehead atoms. The molecule has 30 heavy (non-hydrogen) atoms. The van der Waals surface area contributed by atoms with Crippen molar-refractivity contribution in [2.75, 3.05) is 13.2 Å². The Morgan fingerprint density at radius 3 is 2.33 bits per heavy atom. The van der Waals surface area contributed by atoms with Crippen molar-refractivity contribution < 1.29 is 18.7 Å². The standard InChI is InChI=1S/C23H25Cl2NO4/c24-18-2-1-3-19(25)20(18)21-17(22(30-26-21)13-4-5-13)12-27-16-8-14-10-23(11-15(14)9-16)28-6-7-29-23/h1-3,13-16H,4-12H2/t14-,15+,16?. The van der Waals surface area contributed by atoms with E-state index in [4.69, 9.17) is 41.9 Å². The van der Waals surface area contributed by atoms with Crippen molar-refractivity contribution in [3.63, 3.8) is 0 Å². The SMILES string of the molecule is Clc1cccc(Cl)c1-c1noc(C2CC2)c1COC1C[C@@H]2CC3(C[C@@H]2C1)OCCO3. The van der Waals surface area contributed by atoms with Gasteiger partial charge in [0.1, 0.15) is 11.5 Å². The maximum Gasteiger partial charge on any atom is 0.169 e. The number of fused-ring (bicyclic) bond motifs is 1. The summed E-state index contributed by atoms with van der Waals surface area (Å²) in [4.78, 5) is 0. The van der Waals surface area contributed by atoms with E-state index in [2.05, 4.69) is 5.16 Å². The number of ether oxygens (including phenoxy) is 3. The third-order valence-corrected chi connectivity index (χ3v) is 7.82. The lowest BCUT2D eigenvalue weighted by Crippen LogP contribution is -2.27. The fraction of sp³-hybridized carbons (Fsp3) is 0.609. The van der Waals surface area contributed by atoms with Crippen LogP contribution in [-0.4, -0.2) is 30.3 Å². The van der Waals surface area contributed by atoms with E-state index in [9.17, 15) is 0 Å². The third-order valence-electron chi connectivity index (χ3n) is 7.19. The van der Waals surface area contributed by atoms with Gasteiger partial charge in [-0.25, -0.2) is 0 Å². The van der Waals surface area contributed by atoms with Crippen LogP contribution < -0.4 is 0 Å². The number of hydrogen-bond donors (Lipinski definition) is 0. The van der Waals surface area contributed by atoms with E-state index in [0.717, 1.165) is 74.3 Å². The molecule has 5 nitrogen and oxygen atoms in total. The molecule has 1 aromatic carbocycles. The Kier molecular flexibility index (Phi) is 4.88. The van der Waals surface area contributed by atoms with Gasteiger partial charge in [-0.1, -0.05) is 34.4 Å². The Morgan fingerprint density at radius 2 is 1.70 bits per heavy atom. The van der Waals surface area contributed by atoms with Crippen molar-refractivity contribution in [3.8, 4) is 11.3 Å². The van der Waals surface area contributed by atoms with Gasteiger partial charge in [0.05, 0.1) is 36.0 Å². The molecule has 1 spiro atoms. The average Bonchev–Trinajstić information content (AvgIpc) is 3.03. The molecule has 0 radical (unpaired) electrons. The van der Waals surface area contributed by atoms with Crippen LogP contribution in [0, 0.1) is 11.8 Å². The summed E-state index contributed by atoms with van der Waals surface area (Å²) < 4.78 is 24.0. The predicted octanol–water partition coefficient (Wildman–Crippen LogP) is 5.97. The fourth-order valence-electron chi connectivity index (χ4n) is 5.66. The van der Waals surface area contributed by atoms with Gasteiger partial charge >= 0.3 is 0 Å². The van der Waals surface area contributed by atoms with Crippen molar-refractivity contribution >= 4 is 23.2 Å². The zero-order chi connectivity index (χ0) is 20.3. The molecular formula is C23H25Cl2NO4. The minimum absolute atomic E-state index is 0.246. The highest BCUT2D eigenvalue weighted by molar-refractivity contribution is 6.39. The highest BCUT2D eigenvalue weighted by Crippen LogP contribution is 2.53. The van der Waals surface area contributed by atoms with E-state index in [1.54, 1.807) is 0 Å². The molecule has 4 aliphatic rings. The Labute approximate surface area is 185 Å². The Balaban J connectivity index is 1.19. The second-order valence-corrected chi connectivity index (χ2v) is 10.00. The lowest BCUT2D eigenvalue weighted by atomic mass is 10.0. The largest absolute Gasteiger partial charge is 0.373 e. The molecule has 160 valence electrons. The molecule has 1 aromatic heterocycles. The molecule has 1 aliphatic heterocycles. The third kappa shape index (κ3) is 3.39. The monoisotopic (exact) mass is 449 g/mol. The molecule has 1 unspecified atom stereocenters. The minimum atomic E-state index is -0.304. The van der Waals surface area contributed by atoms with Gasteiger partial charge in [-0.2, -0.15) is 0 Å². The number of aromatic nitrogens is 1. The summed E-state index contributed by atoms with van der Waals surface area (Å²) in [7, 11) is 0. The van der Waals surface area contributed by atoms with Gasteiger partial charge in [-0.15, -0.1) is 0 Å². The quantitative estimate of drug-likeness (QED) is 0.562. The molecular weight excluding hydrogens is 425 g/mol. The highest BCUT2D eigenvalue weighted by Gasteiger charge is 2.53. The fourth-order valence-corrected chi connectivity index (χ4v) is 6.23. The van der Waals surface area contributed by atoms with E-state index in [0.29, 0.717) is 34.4 Å². The normalized spacial score (nSPS) is 29.7. The first-order valence-corrected chi connectivity index (χ1v) is 11.7. The summed E-state index contributed by atoms with van der Waals surface area (Å²) in [6.07, 6.45) is 6.63. The van der Waals surface area contributed by atoms with Gasteiger partial charge in [0, 0.05) is 29.9 Å². The van der Waals surface area contributed by atoms with Gasteiger partial charge in [0.25, 0.3) is 0 Å². The first-order valence-electron chi connectivity index (χ1n) is 10.9. The summed E-state index contributed by atoms with van der Waals surface area (Å²) in [5.74, 6) is 2.31. The lowest BCUT2D eigenvalue weighted by molar-refractivity contribution is -0.157. The van der Waals surface area contributed by atoms with E-state index in [-0.39, 0.29) is 11.9 Å². The maximum atomic E-state index is 6.46. The van der Waals surface area contributed by atoms with Crippen LogP contribution in [0.5, 0.6) is 0 Å². The Morgan fingerprint density at radius 1 is 1.03 bits per heavy atom.